The van der Waals surface area contributed by atoms with Crippen molar-refractivity contribution in [3.63, 3.8) is 0 Å². The second-order valence-corrected chi connectivity index (χ2v) is 4.81. The van der Waals surface area contributed by atoms with Crippen molar-refractivity contribution < 1.29 is 13.9 Å². The summed E-state index contributed by atoms with van der Waals surface area (Å²) < 4.78 is 10.7. The summed E-state index contributed by atoms with van der Waals surface area (Å²) >= 11 is 0. The second kappa shape index (κ2) is 4.24. The number of hydrogen-bond donors (Lipinski definition) is 1. The van der Waals surface area contributed by atoms with Gasteiger partial charge in [0.15, 0.2) is 0 Å². The summed E-state index contributed by atoms with van der Waals surface area (Å²) in [7, 11) is 0. The first-order valence-corrected chi connectivity index (χ1v) is 6.46. The molecular formula is C17H10O4. The Labute approximate surface area is 118 Å². The van der Waals surface area contributed by atoms with Crippen molar-refractivity contribution in [3.05, 3.63) is 65.2 Å². The van der Waals surface area contributed by atoms with E-state index in [-0.39, 0.29) is 5.75 Å². The van der Waals surface area contributed by atoms with Crippen molar-refractivity contribution in [2.45, 2.75) is 0 Å². The van der Waals surface area contributed by atoms with Gasteiger partial charge in [-0.05, 0) is 18.2 Å². The van der Waals surface area contributed by atoms with E-state index in [0.717, 1.165) is 16.3 Å². The van der Waals surface area contributed by atoms with E-state index >= 15 is 0 Å². The average Bonchev–Trinajstić information content (AvgIpc) is 2.88. The normalized spacial score (nSPS) is 11.2. The van der Waals surface area contributed by atoms with Crippen LogP contribution in [-0.2, 0) is 0 Å². The molecule has 0 bridgehead atoms. The molecule has 0 aliphatic carbocycles. The van der Waals surface area contributed by atoms with Crippen LogP contribution in [-0.4, -0.2) is 5.11 Å². The molecule has 0 saturated heterocycles. The van der Waals surface area contributed by atoms with Gasteiger partial charge in [-0.15, -0.1) is 0 Å². The Balaban J connectivity index is 2.06. The van der Waals surface area contributed by atoms with Crippen LogP contribution in [0.15, 0.2) is 68.4 Å². The molecule has 2 heterocycles. The summed E-state index contributed by atoms with van der Waals surface area (Å²) in [6.45, 7) is 0. The molecule has 0 saturated carbocycles. The molecule has 4 aromatic rings. The van der Waals surface area contributed by atoms with Crippen LogP contribution >= 0.6 is 0 Å². The fraction of sp³-hybridized carbons (Fsp3) is 0. The number of furan rings is 1. The van der Waals surface area contributed by atoms with Gasteiger partial charge in [-0.25, -0.2) is 4.79 Å². The van der Waals surface area contributed by atoms with Crippen LogP contribution in [0, 0.1) is 0 Å². The monoisotopic (exact) mass is 278 g/mol. The van der Waals surface area contributed by atoms with Crippen LogP contribution < -0.4 is 5.63 Å². The highest BCUT2D eigenvalue weighted by Crippen LogP contribution is 2.37. The van der Waals surface area contributed by atoms with E-state index in [2.05, 4.69) is 0 Å². The first-order chi connectivity index (χ1) is 10.2. The molecule has 0 unspecified atom stereocenters. The number of rotatable bonds is 1. The van der Waals surface area contributed by atoms with E-state index in [1.165, 1.54) is 6.07 Å². The summed E-state index contributed by atoms with van der Waals surface area (Å²) in [6, 6.07) is 13.8. The highest BCUT2D eigenvalue weighted by Gasteiger charge is 2.13. The van der Waals surface area contributed by atoms with Crippen molar-refractivity contribution in [3.8, 4) is 16.9 Å². The summed E-state index contributed by atoms with van der Waals surface area (Å²) in [4.78, 5) is 11.3. The fourth-order valence-electron chi connectivity index (χ4n) is 2.50. The molecule has 2 aromatic heterocycles. The summed E-state index contributed by atoms with van der Waals surface area (Å²) in [5, 5.41) is 11.7. The van der Waals surface area contributed by atoms with Crippen LogP contribution in [0.3, 0.4) is 0 Å². The van der Waals surface area contributed by atoms with E-state index in [1.807, 2.05) is 18.2 Å². The smallest absolute Gasteiger partial charge is 0.336 e. The van der Waals surface area contributed by atoms with Crippen molar-refractivity contribution in [2.75, 3.05) is 0 Å². The van der Waals surface area contributed by atoms with E-state index in [0.29, 0.717) is 16.7 Å². The topological polar surface area (TPSA) is 63.6 Å². The van der Waals surface area contributed by atoms with E-state index in [1.54, 1.807) is 30.5 Å². The standard InChI is InChI=1S/C17H10O4/c18-14-4-2-1-3-11(14)13-9-20-16-8-15-10(7-12(13)16)5-6-17(19)21-15/h1-9,18H. The van der Waals surface area contributed by atoms with Crippen molar-refractivity contribution in [1.82, 2.24) is 0 Å². The molecule has 102 valence electrons. The molecule has 0 spiro atoms. The number of phenols is 1. The molecular weight excluding hydrogens is 268 g/mol. The lowest BCUT2D eigenvalue weighted by Gasteiger charge is -2.02. The number of para-hydroxylation sites is 1. The number of benzene rings is 2. The van der Waals surface area contributed by atoms with Crippen molar-refractivity contribution >= 4 is 21.9 Å². The molecule has 0 aliphatic heterocycles. The molecule has 1 N–H and O–H groups in total. The van der Waals surface area contributed by atoms with Gasteiger partial charge < -0.3 is 13.9 Å². The molecule has 0 amide bonds. The Morgan fingerprint density at radius 3 is 2.62 bits per heavy atom. The third-order valence-corrected chi connectivity index (χ3v) is 3.51. The van der Waals surface area contributed by atoms with Crippen LogP contribution in [0.25, 0.3) is 33.1 Å². The third kappa shape index (κ3) is 1.80. The molecule has 0 atom stereocenters. The Morgan fingerprint density at radius 1 is 0.905 bits per heavy atom. The molecule has 4 rings (SSSR count). The maximum Gasteiger partial charge on any atom is 0.336 e. The zero-order chi connectivity index (χ0) is 14.4. The van der Waals surface area contributed by atoms with Crippen molar-refractivity contribution in [2.24, 2.45) is 0 Å². The van der Waals surface area contributed by atoms with E-state index in [4.69, 9.17) is 8.83 Å². The largest absolute Gasteiger partial charge is 0.507 e. The Bertz CT molecular complexity index is 1020. The number of hydrogen-bond acceptors (Lipinski definition) is 4. The average molecular weight is 278 g/mol. The fourth-order valence-corrected chi connectivity index (χ4v) is 2.50. The molecule has 0 radical (unpaired) electrons. The summed E-state index contributed by atoms with van der Waals surface area (Å²) in [5.41, 5.74) is 2.20. The molecule has 2 aromatic carbocycles. The van der Waals surface area contributed by atoms with Gasteiger partial charge >= 0.3 is 5.63 Å². The SMILES string of the molecule is O=c1ccc2cc3c(-c4ccccc4O)coc3cc2o1. The minimum atomic E-state index is -0.394. The first kappa shape index (κ1) is 11.8. The molecule has 4 nitrogen and oxygen atoms in total. The van der Waals surface area contributed by atoms with Gasteiger partial charge in [0.1, 0.15) is 16.9 Å². The van der Waals surface area contributed by atoms with Crippen LogP contribution in [0.1, 0.15) is 0 Å². The van der Waals surface area contributed by atoms with Crippen LogP contribution in [0.4, 0.5) is 0 Å². The highest BCUT2D eigenvalue weighted by molar-refractivity contribution is 6.02. The van der Waals surface area contributed by atoms with E-state index < -0.39 is 5.63 Å². The summed E-state index contributed by atoms with van der Waals surface area (Å²) in [5.74, 6) is 0.194. The lowest BCUT2D eigenvalue weighted by atomic mass is 10.0. The Hall–Kier alpha value is -3.01. The minimum absolute atomic E-state index is 0.194. The quantitative estimate of drug-likeness (QED) is 0.536. The van der Waals surface area contributed by atoms with Crippen LogP contribution in [0.5, 0.6) is 5.75 Å². The number of phenolic OH excluding ortho intramolecular Hbond substituents is 1. The summed E-state index contributed by atoms with van der Waals surface area (Å²) in [6.07, 6.45) is 1.59. The second-order valence-electron chi connectivity index (χ2n) is 4.81. The van der Waals surface area contributed by atoms with Gasteiger partial charge in [0.2, 0.25) is 0 Å². The Kier molecular flexibility index (Phi) is 2.38. The van der Waals surface area contributed by atoms with Gasteiger partial charge in [-0.2, -0.15) is 0 Å². The first-order valence-electron chi connectivity index (χ1n) is 6.46. The lowest BCUT2D eigenvalue weighted by Crippen LogP contribution is -1.93. The molecule has 0 fully saturated rings. The lowest BCUT2D eigenvalue weighted by molar-refractivity contribution is 0.477. The Morgan fingerprint density at radius 2 is 1.76 bits per heavy atom. The van der Waals surface area contributed by atoms with Gasteiger partial charge in [0.25, 0.3) is 0 Å². The maximum atomic E-state index is 11.3. The predicted octanol–water partition coefficient (Wildman–Crippen LogP) is 3.91. The minimum Gasteiger partial charge on any atom is -0.507 e. The highest BCUT2D eigenvalue weighted by atomic mass is 16.4. The van der Waals surface area contributed by atoms with Gasteiger partial charge in [-0.1, -0.05) is 18.2 Å². The number of aromatic hydroxyl groups is 1. The van der Waals surface area contributed by atoms with Gasteiger partial charge in [0.05, 0.1) is 6.26 Å². The maximum absolute atomic E-state index is 11.3. The van der Waals surface area contributed by atoms with Gasteiger partial charge in [0, 0.05) is 34.0 Å². The molecule has 0 aliphatic rings. The zero-order valence-corrected chi connectivity index (χ0v) is 10.9. The zero-order valence-electron chi connectivity index (χ0n) is 10.9. The van der Waals surface area contributed by atoms with Crippen molar-refractivity contribution in [1.29, 1.82) is 0 Å². The third-order valence-electron chi connectivity index (χ3n) is 3.51. The van der Waals surface area contributed by atoms with E-state index in [9.17, 15) is 9.90 Å². The predicted molar refractivity (Wildman–Crippen MR) is 79.4 cm³/mol. The van der Waals surface area contributed by atoms with Gasteiger partial charge in [-0.3, -0.25) is 0 Å². The molecule has 21 heavy (non-hydrogen) atoms. The molecule has 4 heteroatoms. The number of fused-ring (bicyclic) bond motifs is 2. The van der Waals surface area contributed by atoms with Crippen LogP contribution in [0.2, 0.25) is 0 Å².